The van der Waals surface area contributed by atoms with Gasteiger partial charge in [-0.3, -0.25) is 4.79 Å². The van der Waals surface area contributed by atoms with Crippen LogP contribution in [0.2, 0.25) is 0 Å². The van der Waals surface area contributed by atoms with Crippen molar-refractivity contribution in [2.24, 2.45) is 0 Å². The number of hydrogen-bond donors (Lipinski definition) is 1. The molecule has 0 amide bonds. The zero-order valence-electron chi connectivity index (χ0n) is 8.60. The number of rotatable bonds is 6. The van der Waals surface area contributed by atoms with Gasteiger partial charge >= 0.3 is 35.5 Å². The normalized spacial score (nSPS) is 9.31. The Morgan fingerprint density at radius 3 is 2.88 bits per heavy atom. The van der Waals surface area contributed by atoms with Gasteiger partial charge in [-0.05, 0) is 30.4 Å². The molecular weight excluding hydrogens is 235 g/mol. The van der Waals surface area contributed by atoms with Gasteiger partial charge in [0.2, 0.25) is 0 Å². The summed E-state index contributed by atoms with van der Waals surface area (Å²) in [5.41, 5.74) is 0. The van der Waals surface area contributed by atoms with E-state index >= 15 is 0 Å². The van der Waals surface area contributed by atoms with Gasteiger partial charge in [0, 0.05) is 11.3 Å². The molecule has 1 rings (SSSR count). The number of aliphatic carboxylic acids is 1. The number of hydrogen-bond acceptors (Lipinski definition) is 3. The van der Waals surface area contributed by atoms with Gasteiger partial charge in [0.15, 0.2) is 0 Å². The molecule has 16 heavy (non-hydrogen) atoms. The molecule has 0 unspecified atom stereocenters. The molecule has 1 N–H and O–H groups in total. The van der Waals surface area contributed by atoms with Crippen molar-refractivity contribution >= 4 is 47.3 Å². The molecule has 1 aromatic carbocycles. The van der Waals surface area contributed by atoms with Crippen molar-refractivity contribution in [3.8, 4) is 5.75 Å². The van der Waals surface area contributed by atoms with Crippen LogP contribution in [0.5, 0.6) is 5.75 Å². The Kier molecular flexibility index (Phi) is 8.84. The molecule has 0 aliphatic heterocycles. The minimum absolute atomic E-state index is 0. The van der Waals surface area contributed by atoms with Gasteiger partial charge in [0.1, 0.15) is 5.75 Å². The summed E-state index contributed by atoms with van der Waals surface area (Å²) < 4.78 is 5.09. The summed E-state index contributed by atoms with van der Waals surface area (Å²) in [5.74, 6) is 0.916. The van der Waals surface area contributed by atoms with Gasteiger partial charge in [0.05, 0.1) is 7.11 Å². The topological polar surface area (TPSA) is 46.5 Å². The van der Waals surface area contributed by atoms with Crippen LogP contribution < -0.4 is 4.74 Å². The fourth-order valence-corrected chi connectivity index (χ4v) is 2.00. The molecule has 0 saturated carbocycles. The van der Waals surface area contributed by atoms with Crippen molar-refractivity contribution in [1.82, 2.24) is 0 Å². The van der Waals surface area contributed by atoms with Crippen LogP contribution in [-0.4, -0.2) is 53.5 Å². The number of carboxylic acids is 1. The molecule has 0 aliphatic carbocycles. The molecule has 0 saturated heterocycles. The SMILES string of the molecule is COc1cccc(SCCCC(=O)O)c1.[NaH]. The molecule has 0 heterocycles. The van der Waals surface area contributed by atoms with E-state index in [4.69, 9.17) is 9.84 Å². The predicted octanol–water partition coefficient (Wildman–Crippen LogP) is 2.00. The summed E-state index contributed by atoms with van der Waals surface area (Å²) in [7, 11) is 1.63. The first-order valence-corrected chi connectivity index (χ1v) is 5.69. The van der Waals surface area contributed by atoms with E-state index in [1.165, 1.54) is 0 Å². The Balaban J connectivity index is 0.00000225. The van der Waals surface area contributed by atoms with E-state index in [1.54, 1.807) is 18.9 Å². The average molecular weight is 250 g/mol. The summed E-state index contributed by atoms with van der Waals surface area (Å²) in [6, 6.07) is 7.76. The van der Waals surface area contributed by atoms with Gasteiger partial charge < -0.3 is 9.84 Å². The Bertz CT molecular complexity index is 331. The van der Waals surface area contributed by atoms with Crippen LogP contribution in [0.3, 0.4) is 0 Å². The van der Waals surface area contributed by atoms with E-state index in [9.17, 15) is 4.79 Å². The van der Waals surface area contributed by atoms with Crippen molar-refractivity contribution in [2.45, 2.75) is 17.7 Å². The second-order valence-electron chi connectivity index (χ2n) is 3.02. The fourth-order valence-electron chi connectivity index (χ4n) is 1.10. The van der Waals surface area contributed by atoms with Gasteiger partial charge in [0.25, 0.3) is 0 Å². The third kappa shape index (κ3) is 6.43. The van der Waals surface area contributed by atoms with Crippen molar-refractivity contribution < 1.29 is 14.6 Å². The van der Waals surface area contributed by atoms with Crippen molar-refractivity contribution in [2.75, 3.05) is 12.9 Å². The van der Waals surface area contributed by atoms with Crippen molar-refractivity contribution in [3.05, 3.63) is 24.3 Å². The maximum atomic E-state index is 10.3. The van der Waals surface area contributed by atoms with Crippen LogP contribution in [0.15, 0.2) is 29.2 Å². The summed E-state index contributed by atoms with van der Waals surface area (Å²) in [4.78, 5) is 11.4. The second-order valence-corrected chi connectivity index (χ2v) is 4.19. The van der Waals surface area contributed by atoms with Crippen LogP contribution in [0, 0.1) is 0 Å². The Morgan fingerprint density at radius 1 is 1.50 bits per heavy atom. The maximum absolute atomic E-state index is 10.3. The van der Waals surface area contributed by atoms with Crippen molar-refractivity contribution in [1.29, 1.82) is 0 Å². The Morgan fingerprint density at radius 2 is 2.25 bits per heavy atom. The molecule has 1 aromatic rings. The van der Waals surface area contributed by atoms with E-state index in [0.29, 0.717) is 6.42 Å². The van der Waals surface area contributed by atoms with E-state index in [1.807, 2.05) is 24.3 Å². The molecular formula is C11H15NaO3S. The molecule has 0 spiro atoms. The summed E-state index contributed by atoms with van der Waals surface area (Å²) >= 11 is 1.65. The van der Waals surface area contributed by atoms with Crippen LogP contribution in [0.25, 0.3) is 0 Å². The Labute approximate surface area is 122 Å². The standard InChI is InChI=1S/C11H14O3S.Na.H/c1-14-9-4-2-5-10(8-9)15-7-3-6-11(12)13;;/h2,4-5,8H,3,6-7H2,1H3,(H,12,13);;. The third-order valence-corrected chi connectivity index (χ3v) is 2.92. The first-order valence-electron chi connectivity index (χ1n) is 4.71. The van der Waals surface area contributed by atoms with E-state index in [0.717, 1.165) is 16.4 Å². The molecule has 0 aliphatic rings. The van der Waals surface area contributed by atoms with Gasteiger partial charge in [-0.15, -0.1) is 11.8 Å². The Hall–Kier alpha value is -0.160. The molecule has 84 valence electrons. The zero-order valence-corrected chi connectivity index (χ0v) is 9.42. The average Bonchev–Trinajstić information content (AvgIpc) is 2.24. The fraction of sp³-hybridized carbons (Fsp3) is 0.364. The van der Waals surface area contributed by atoms with Crippen LogP contribution in [0.1, 0.15) is 12.8 Å². The number of carboxylic acid groups (broad SMARTS) is 1. The van der Waals surface area contributed by atoms with Crippen LogP contribution in [0.4, 0.5) is 0 Å². The molecule has 0 bridgehead atoms. The van der Waals surface area contributed by atoms with Gasteiger partial charge in [-0.1, -0.05) is 6.07 Å². The number of benzene rings is 1. The first kappa shape index (κ1) is 15.8. The molecule has 0 radical (unpaired) electrons. The third-order valence-electron chi connectivity index (χ3n) is 1.84. The zero-order chi connectivity index (χ0) is 11.1. The van der Waals surface area contributed by atoms with Crippen LogP contribution in [-0.2, 0) is 4.79 Å². The van der Waals surface area contributed by atoms with Gasteiger partial charge in [-0.2, -0.15) is 0 Å². The number of thioether (sulfide) groups is 1. The van der Waals surface area contributed by atoms with Crippen molar-refractivity contribution in [3.63, 3.8) is 0 Å². The first-order chi connectivity index (χ1) is 7.22. The van der Waals surface area contributed by atoms with Crippen LogP contribution >= 0.6 is 11.8 Å². The van der Waals surface area contributed by atoms with Gasteiger partial charge in [-0.25, -0.2) is 0 Å². The monoisotopic (exact) mass is 250 g/mol. The summed E-state index contributed by atoms with van der Waals surface area (Å²) in [6.07, 6.45) is 0.925. The quantitative estimate of drug-likeness (QED) is 0.476. The predicted molar refractivity (Wildman–Crippen MR) is 67.7 cm³/mol. The minimum atomic E-state index is -0.735. The van der Waals surface area contributed by atoms with E-state index in [-0.39, 0.29) is 36.0 Å². The number of methoxy groups -OCH3 is 1. The number of carbonyl (C=O) groups is 1. The summed E-state index contributed by atoms with van der Waals surface area (Å²) in [5, 5.41) is 8.46. The molecule has 0 fully saturated rings. The molecule has 3 nitrogen and oxygen atoms in total. The summed E-state index contributed by atoms with van der Waals surface area (Å²) in [6.45, 7) is 0. The van der Waals surface area contributed by atoms with E-state index in [2.05, 4.69) is 0 Å². The molecule has 0 aromatic heterocycles. The molecule has 5 heteroatoms. The molecule has 0 atom stereocenters. The second kappa shape index (κ2) is 8.93. The number of ether oxygens (including phenoxy) is 1. The van der Waals surface area contributed by atoms with E-state index < -0.39 is 5.97 Å².